The van der Waals surface area contributed by atoms with Crippen molar-refractivity contribution in [1.82, 2.24) is 0 Å². The molecule has 94 valence electrons. The molecule has 0 saturated heterocycles. The van der Waals surface area contributed by atoms with Crippen LogP contribution in [0.4, 0.5) is 0 Å². The molecule has 4 heteroatoms. The van der Waals surface area contributed by atoms with Crippen molar-refractivity contribution in [2.75, 3.05) is 27.4 Å². The SMILES string of the molecule is COCCN=C(N)C1(OC)CCCC(C)C1. The number of methoxy groups -OCH3 is 2. The van der Waals surface area contributed by atoms with E-state index < -0.39 is 0 Å². The van der Waals surface area contributed by atoms with Crippen molar-refractivity contribution in [3.63, 3.8) is 0 Å². The zero-order chi connectivity index (χ0) is 12.0. The molecule has 0 heterocycles. The van der Waals surface area contributed by atoms with E-state index in [9.17, 15) is 0 Å². The molecular weight excluding hydrogens is 204 g/mol. The van der Waals surface area contributed by atoms with Crippen LogP contribution < -0.4 is 5.73 Å². The van der Waals surface area contributed by atoms with Gasteiger partial charge in [-0.05, 0) is 25.2 Å². The van der Waals surface area contributed by atoms with Crippen LogP contribution in [-0.4, -0.2) is 38.8 Å². The van der Waals surface area contributed by atoms with Gasteiger partial charge in [-0.3, -0.25) is 4.99 Å². The zero-order valence-electron chi connectivity index (χ0n) is 10.7. The molecule has 0 aromatic carbocycles. The van der Waals surface area contributed by atoms with E-state index >= 15 is 0 Å². The van der Waals surface area contributed by atoms with Crippen molar-refractivity contribution in [3.05, 3.63) is 0 Å². The summed E-state index contributed by atoms with van der Waals surface area (Å²) in [5.74, 6) is 1.29. The molecule has 1 aliphatic carbocycles. The largest absolute Gasteiger partial charge is 0.385 e. The molecule has 1 aliphatic rings. The van der Waals surface area contributed by atoms with Crippen LogP contribution in [0.2, 0.25) is 0 Å². The second-order valence-corrected chi connectivity index (χ2v) is 4.66. The van der Waals surface area contributed by atoms with Crippen LogP contribution in [-0.2, 0) is 9.47 Å². The number of rotatable bonds is 5. The summed E-state index contributed by atoms with van der Waals surface area (Å²) in [4.78, 5) is 4.36. The van der Waals surface area contributed by atoms with Gasteiger partial charge in [0.15, 0.2) is 0 Å². The molecule has 0 aliphatic heterocycles. The molecule has 1 saturated carbocycles. The van der Waals surface area contributed by atoms with E-state index in [0.29, 0.717) is 24.9 Å². The molecule has 0 spiro atoms. The third-order valence-electron chi connectivity index (χ3n) is 3.39. The summed E-state index contributed by atoms with van der Waals surface area (Å²) in [5.41, 5.74) is 5.74. The Bertz CT molecular complexity index is 243. The summed E-state index contributed by atoms with van der Waals surface area (Å²) < 4.78 is 10.6. The first-order valence-electron chi connectivity index (χ1n) is 5.99. The second kappa shape index (κ2) is 6.21. The van der Waals surface area contributed by atoms with Gasteiger partial charge in [0.05, 0.1) is 13.2 Å². The average molecular weight is 228 g/mol. The maximum atomic E-state index is 6.07. The highest BCUT2D eigenvalue weighted by Crippen LogP contribution is 2.34. The zero-order valence-corrected chi connectivity index (χ0v) is 10.7. The minimum Gasteiger partial charge on any atom is -0.385 e. The lowest BCUT2D eigenvalue weighted by Crippen LogP contribution is -2.49. The third-order valence-corrected chi connectivity index (χ3v) is 3.39. The van der Waals surface area contributed by atoms with E-state index in [1.54, 1.807) is 14.2 Å². The van der Waals surface area contributed by atoms with Crippen molar-refractivity contribution < 1.29 is 9.47 Å². The van der Waals surface area contributed by atoms with Gasteiger partial charge in [-0.25, -0.2) is 0 Å². The van der Waals surface area contributed by atoms with Crippen LogP contribution in [0, 0.1) is 5.92 Å². The van der Waals surface area contributed by atoms with Crippen molar-refractivity contribution in [1.29, 1.82) is 0 Å². The summed E-state index contributed by atoms with van der Waals surface area (Å²) in [6, 6.07) is 0. The van der Waals surface area contributed by atoms with Crippen LogP contribution in [0.1, 0.15) is 32.6 Å². The van der Waals surface area contributed by atoms with Gasteiger partial charge in [0.25, 0.3) is 0 Å². The van der Waals surface area contributed by atoms with Gasteiger partial charge in [0.1, 0.15) is 11.4 Å². The molecule has 1 fully saturated rings. The third kappa shape index (κ3) is 3.19. The van der Waals surface area contributed by atoms with Crippen LogP contribution in [0.3, 0.4) is 0 Å². The molecule has 2 N–H and O–H groups in total. The molecule has 16 heavy (non-hydrogen) atoms. The second-order valence-electron chi connectivity index (χ2n) is 4.66. The minimum absolute atomic E-state index is 0.328. The Morgan fingerprint density at radius 2 is 2.25 bits per heavy atom. The van der Waals surface area contributed by atoms with E-state index in [-0.39, 0.29) is 5.60 Å². The van der Waals surface area contributed by atoms with E-state index in [1.165, 1.54) is 6.42 Å². The summed E-state index contributed by atoms with van der Waals surface area (Å²) in [6.45, 7) is 3.47. The van der Waals surface area contributed by atoms with E-state index in [4.69, 9.17) is 15.2 Å². The number of amidine groups is 1. The number of nitrogens with two attached hydrogens (primary N) is 1. The Balaban J connectivity index is 2.66. The first-order valence-corrected chi connectivity index (χ1v) is 5.99. The van der Waals surface area contributed by atoms with Crippen LogP contribution in [0.5, 0.6) is 0 Å². The molecule has 0 aromatic heterocycles. The highest BCUT2D eigenvalue weighted by molar-refractivity contribution is 5.89. The monoisotopic (exact) mass is 228 g/mol. The van der Waals surface area contributed by atoms with Gasteiger partial charge < -0.3 is 15.2 Å². The van der Waals surface area contributed by atoms with E-state index in [2.05, 4.69) is 11.9 Å². The summed E-state index contributed by atoms with van der Waals surface area (Å²) in [7, 11) is 3.40. The fourth-order valence-corrected chi connectivity index (χ4v) is 2.43. The predicted molar refractivity (Wildman–Crippen MR) is 65.7 cm³/mol. The summed E-state index contributed by atoms with van der Waals surface area (Å²) in [6.07, 6.45) is 4.38. The number of hydrogen-bond donors (Lipinski definition) is 1. The Morgan fingerprint density at radius 3 is 2.81 bits per heavy atom. The Morgan fingerprint density at radius 1 is 1.50 bits per heavy atom. The molecule has 4 nitrogen and oxygen atoms in total. The first-order chi connectivity index (χ1) is 7.64. The van der Waals surface area contributed by atoms with Gasteiger partial charge in [0.2, 0.25) is 0 Å². The Labute approximate surface area is 98.2 Å². The average Bonchev–Trinajstić information content (AvgIpc) is 2.29. The van der Waals surface area contributed by atoms with Crippen molar-refractivity contribution in [2.45, 2.75) is 38.2 Å². The van der Waals surface area contributed by atoms with Gasteiger partial charge in [-0.1, -0.05) is 13.3 Å². The topological polar surface area (TPSA) is 56.8 Å². The van der Waals surface area contributed by atoms with Crippen molar-refractivity contribution >= 4 is 5.84 Å². The minimum atomic E-state index is -0.328. The molecular formula is C12H24N2O2. The number of hydrogen-bond acceptors (Lipinski definition) is 3. The normalized spacial score (nSPS) is 31.7. The lowest BCUT2D eigenvalue weighted by atomic mass is 9.78. The standard InChI is InChI=1S/C12H24N2O2/c1-10-5-4-6-12(9-10,16-3)11(13)14-7-8-15-2/h10H,4-9H2,1-3H3,(H2,13,14). The number of aliphatic imine (C=N–C) groups is 1. The number of nitrogens with zero attached hydrogens (tertiary/aromatic N) is 1. The van der Waals surface area contributed by atoms with Crippen molar-refractivity contribution in [3.8, 4) is 0 Å². The lowest BCUT2D eigenvalue weighted by Gasteiger charge is -2.38. The maximum Gasteiger partial charge on any atom is 0.126 e. The first kappa shape index (κ1) is 13.5. The number of ether oxygens (including phenoxy) is 2. The highest BCUT2D eigenvalue weighted by Gasteiger charge is 2.38. The van der Waals surface area contributed by atoms with Crippen LogP contribution in [0.25, 0.3) is 0 Å². The Hall–Kier alpha value is -0.610. The van der Waals surface area contributed by atoms with E-state index in [0.717, 1.165) is 19.3 Å². The quantitative estimate of drug-likeness (QED) is 0.441. The fraction of sp³-hybridized carbons (Fsp3) is 0.917. The molecule has 2 atom stereocenters. The van der Waals surface area contributed by atoms with E-state index in [1.807, 2.05) is 0 Å². The van der Waals surface area contributed by atoms with Gasteiger partial charge in [-0.2, -0.15) is 0 Å². The smallest absolute Gasteiger partial charge is 0.126 e. The van der Waals surface area contributed by atoms with Crippen LogP contribution >= 0.6 is 0 Å². The highest BCUT2D eigenvalue weighted by atomic mass is 16.5. The van der Waals surface area contributed by atoms with Crippen molar-refractivity contribution in [2.24, 2.45) is 16.6 Å². The summed E-state index contributed by atoms with van der Waals surface area (Å²) in [5, 5.41) is 0. The summed E-state index contributed by atoms with van der Waals surface area (Å²) >= 11 is 0. The predicted octanol–water partition coefficient (Wildman–Crippen LogP) is 1.59. The molecule has 1 rings (SSSR count). The molecule has 2 unspecified atom stereocenters. The molecule has 0 aromatic rings. The van der Waals surface area contributed by atoms with Gasteiger partial charge >= 0.3 is 0 Å². The molecule has 0 amide bonds. The maximum absolute atomic E-state index is 6.07. The fourth-order valence-electron chi connectivity index (χ4n) is 2.43. The molecule has 0 radical (unpaired) electrons. The molecule has 0 bridgehead atoms. The van der Waals surface area contributed by atoms with Gasteiger partial charge in [-0.15, -0.1) is 0 Å². The van der Waals surface area contributed by atoms with Crippen LogP contribution in [0.15, 0.2) is 4.99 Å². The van der Waals surface area contributed by atoms with Gasteiger partial charge in [0, 0.05) is 14.2 Å². The lowest BCUT2D eigenvalue weighted by molar-refractivity contribution is 0.00281. The Kier molecular flexibility index (Phi) is 5.22.